The van der Waals surface area contributed by atoms with E-state index in [1.807, 2.05) is 42.5 Å². The van der Waals surface area contributed by atoms with E-state index in [0.29, 0.717) is 17.6 Å². The van der Waals surface area contributed by atoms with Crippen molar-refractivity contribution in [1.82, 2.24) is 24.1 Å². The van der Waals surface area contributed by atoms with Gasteiger partial charge in [-0.1, -0.05) is 182 Å². The van der Waals surface area contributed by atoms with Gasteiger partial charge in [-0.05, 0) is 47.0 Å². The highest BCUT2D eigenvalue weighted by atomic mass is 16.3. The minimum absolute atomic E-state index is 0.517. The molecule has 6 heteroatoms. The fourth-order valence-corrected chi connectivity index (χ4v) is 9.57. The lowest BCUT2D eigenvalue weighted by Crippen LogP contribution is -2.07. The fraction of sp³-hybridized carbons (Fsp3) is 0. The van der Waals surface area contributed by atoms with Gasteiger partial charge in [-0.15, -0.1) is 0 Å². The number of aromatic nitrogens is 5. The largest absolute Gasteiger partial charge is 0.455 e. The molecule has 4 aromatic heterocycles. The first-order chi connectivity index (χ1) is 31.3. The van der Waals surface area contributed by atoms with Crippen LogP contribution in [0.1, 0.15) is 0 Å². The van der Waals surface area contributed by atoms with Gasteiger partial charge in [0.15, 0.2) is 11.6 Å². The van der Waals surface area contributed by atoms with E-state index >= 15 is 0 Å². The lowest BCUT2D eigenvalue weighted by molar-refractivity contribution is 0.669. The summed E-state index contributed by atoms with van der Waals surface area (Å²) in [7, 11) is 0. The molecule has 0 N–H and O–H groups in total. The molecule has 0 fully saturated rings. The molecule has 0 saturated carbocycles. The van der Waals surface area contributed by atoms with Crippen LogP contribution in [-0.2, 0) is 0 Å². The Morgan fingerprint density at radius 1 is 0.333 bits per heavy atom. The van der Waals surface area contributed by atoms with Crippen LogP contribution in [0, 0.1) is 0 Å². The van der Waals surface area contributed by atoms with Gasteiger partial charge < -0.3 is 8.98 Å². The van der Waals surface area contributed by atoms with Crippen molar-refractivity contribution in [3.05, 3.63) is 212 Å². The summed E-state index contributed by atoms with van der Waals surface area (Å²) in [6.45, 7) is 0. The van der Waals surface area contributed by atoms with Crippen molar-refractivity contribution in [1.29, 1.82) is 0 Å². The van der Waals surface area contributed by atoms with Crippen molar-refractivity contribution in [2.24, 2.45) is 0 Å². The lowest BCUT2D eigenvalue weighted by atomic mass is 9.98. The average molecular weight is 806 g/mol. The van der Waals surface area contributed by atoms with Crippen molar-refractivity contribution in [2.75, 3.05) is 0 Å². The van der Waals surface area contributed by atoms with Gasteiger partial charge in [0.25, 0.3) is 0 Å². The third-order valence-electron chi connectivity index (χ3n) is 12.4. The standard InChI is InChI=1S/C57H35N5O/c1-4-17-36(18-5-1)39-31-32-40(37-19-6-2-7-20-37)50(35-39)61-48-28-13-10-23-41(48)44-33-34-45-42-24-11-14-29-49(42)62(53(45)52(44)61)57-59-55(38-21-8-3-9-22-38)58-56(60-57)47-27-16-26-46-43-25-12-15-30-51(43)63-54(46)47/h1-35H. The number of fused-ring (bicyclic) bond motifs is 10. The molecule has 9 aromatic carbocycles. The van der Waals surface area contributed by atoms with Crippen molar-refractivity contribution >= 4 is 65.6 Å². The monoisotopic (exact) mass is 805 g/mol. The molecule has 0 aliphatic carbocycles. The van der Waals surface area contributed by atoms with E-state index in [4.69, 9.17) is 19.4 Å². The number of nitrogens with zero attached hydrogens (tertiary/aromatic N) is 5. The average Bonchev–Trinajstić information content (AvgIpc) is 4.02. The van der Waals surface area contributed by atoms with Gasteiger partial charge in [-0.25, -0.2) is 4.98 Å². The maximum absolute atomic E-state index is 6.59. The second kappa shape index (κ2) is 14.0. The fourth-order valence-electron chi connectivity index (χ4n) is 9.57. The quantitative estimate of drug-likeness (QED) is 0.168. The Morgan fingerprint density at radius 2 is 0.889 bits per heavy atom. The molecule has 294 valence electrons. The van der Waals surface area contributed by atoms with Crippen LogP contribution >= 0.6 is 0 Å². The summed E-state index contributed by atoms with van der Waals surface area (Å²) in [5, 5.41) is 6.57. The Labute approximate surface area is 361 Å². The predicted molar refractivity (Wildman–Crippen MR) is 258 cm³/mol. The number of benzene rings is 9. The molecule has 0 amide bonds. The molecular weight excluding hydrogens is 771 g/mol. The predicted octanol–water partition coefficient (Wildman–Crippen LogP) is 14.6. The highest BCUT2D eigenvalue weighted by Crippen LogP contribution is 2.44. The Morgan fingerprint density at radius 3 is 1.60 bits per heavy atom. The van der Waals surface area contributed by atoms with E-state index in [2.05, 4.69) is 179 Å². The molecule has 63 heavy (non-hydrogen) atoms. The summed E-state index contributed by atoms with van der Waals surface area (Å²) in [5.41, 5.74) is 13.1. The van der Waals surface area contributed by atoms with Crippen molar-refractivity contribution in [3.63, 3.8) is 0 Å². The topological polar surface area (TPSA) is 61.7 Å². The first-order valence-corrected chi connectivity index (χ1v) is 21.2. The molecule has 0 unspecified atom stereocenters. The number of hydrogen-bond acceptors (Lipinski definition) is 4. The van der Waals surface area contributed by atoms with Crippen LogP contribution in [0.3, 0.4) is 0 Å². The van der Waals surface area contributed by atoms with Gasteiger partial charge in [0.2, 0.25) is 5.95 Å². The van der Waals surface area contributed by atoms with Crippen LogP contribution in [0.4, 0.5) is 0 Å². The molecule has 6 nitrogen and oxygen atoms in total. The normalized spacial score (nSPS) is 11.8. The molecule has 0 aliphatic heterocycles. The van der Waals surface area contributed by atoms with E-state index in [1.54, 1.807) is 0 Å². The van der Waals surface area contributed by atoms with Gasteiger partial charge in [0, 0.05) is 43.4 Å². The number of hydrogen-bond donors (Lipinski definition) is 0. The number of para-hydroxylation sites is 4. The van der Waals surface area contributed by atoms with E-state index in [1.165, 1.54) is 0 Å². The summed E-state index contributed by atoms with van der Waals surface area (Å²) >= 11 is 0. The van der Waals surface area contributed by atoms with Crippen LogP contribution in [0.15, 0.2) is 217 Å². The first kappa shape index (κ1) is 35.2. The van der Waals surface area contributed by atoms with Crippen molar-refractivity contribution in [2.45, 2.75) is 0 Å². The summed E-state index contributed by atoms with van der Waals surface area (Å²) in [6.07, 6.45) is 0. The van der Waals surface area contributed by atoms with Crippen molar-refractivity contribution in [3.8, 4) is 56.7 Å². The molecule has 0 radical (unpaired) electrons. The van der Waals surface area contributed by atoms with Crippen LogP contribution in [0.25, 0.3) is 122 Å². The maximum atomic E-state index is 6.59. The Hall–Kier alpha value is -8.61. The summed E-state index contributed by atoms with van der Waals surface area (Å²) in [6, 6.07) is 74.6. The van der Waals surface area contributed by atoms with E-state index in [-0.39, 0.29) is 0 Å². The van der Waals surface area contributed by atoms with Crippen molar-refractivity contribution < 1.29 is 4.42 Å². The third-order valence-corrected chi connectivity index (χ3v) is 12.4. The summed E-state index contributed by atoms with van der Waals surface area (Å²) < 4.78 is 11.3. The molecular formula is C57H35N5O. The third kappa shape index (κ3) is 5.48. The first-order valence-electron chi connectivity index (χ1n) is 21.2. The SMILES string of the molecule is c1ccc(-c2ccc(-c3ccccc3)c(-n3c4ccccc4c4ccc5c6ccccc6n(-c6nc(-c7ccccc7)nc(-c7cccc8c7oc7ccccc78)n6)c5c43)c2)cc1. The molecule has 0 atom stereocenters. The molecule has 0 bridgehead atoms. The minimum Gasteiger partial charge on any atom is -0.455 e. The Kier molecular flexibility index (Phi) is 7.80. The zero-order valence-electron chi connectivity index (χ0n) is 33.9. The molecule has 4 heterocycles. The zero-order valence-corrected chi connectivity index (χ0v) is 33.9. The molecule has 0 spiro atoms. The summed E-state index contributed by atoms with van der Waals surface area (Å²) in [5.74, 6) is 1.62. The van der Waals surface area contributed by atoms with Crippen LogP contribution in [0.5, 0.6) is 0 Å². The molecule has 0 aliphatic rings. The van der Waals surface area contributed by atoms with Crippen LogP contribution < -0.4 is 0 Å². The second-order valence-corrected chi connectivity index (χ2v) is 16.0. The zero-order chi connectivity index (χ0) is 41.4. The van der Waals surface area contributed by atoms with Gasteiger partial charge in [-0.2, -0.15) is 9.97 Å². The summed E-state index contributed by atoms with van der Waals surface area (Å²) in [4.78, 5) is 16.0. The van der Waals surface area contributed by atoms with E-state index in [0.717, 1.165) is 105 Å². The minimum atomic E-state index is 0.517. The molecule has 13 aromatic rings. The molecule has 13 rings (SSSR count). The maximum Gasteiger partial charge on any atom is 0.238 e. The number of furan rings is 1. The highest BCUT2D eigenvalue weighted by Gasteiger charge is 2.25. The highest BCUT2D eigenvalue weighted by molar-refractivity contribution is 6.24. The Balaban J connectivity index is 1.18. The molecule has 0 saturated heterocycles. The van der Waals surface area contributed by atoms with Crippen LogP contribution in [0.2, 0.25) is 0 Å². The number of rotatable bonds is 6. The van der Waals surface area contributed by atoms with E-state index in [9.17, 15) is 0 Å². The lowest BCUT2D eigenvalue weighted by Gasteiger charge is -2.17. The Bertz CT molecular complexity index is 3900. The van der Waals surface area contributed by atoms with E-state index < -0.39 is 0 Å². The van der Waals surface area contributed by atoms with Gasteiger partial charge in [0.05, 0.1) is 33.3 Å². The smallest absolute Gasteiger partial charge is 0.238 e. The van der Waals surface area contributed by atoms with Gasteiger partial charge in [-0.3, -0.25) is 4.57 Å². The second-order valence-electron chi connectivity index (χ2n) is 16.0. The van der Waals surface area contributed by atoms with Gasteiger partial charge >= 0.3 is 0 Å². The van der Waals surface area contributed by atoms with Gasteiger partial charge in [0.1, 0.15) is 11.2 Å². The van der Waals surface area contributed by atoms with Crippen LogP contribution in [-0.4, -0.2) is 24.1 Å².